The van der Waals surface area contributed by atoms with Gasteiger partial charge in [0.1, 0.15) is 16.8 Å². The Balaban J connectivity index is 2.34. The lowest BCUT2D eigenvalue weighted by Gasteiger charge is -2.26. The van der Waals surface area contributed by atoms with E-state index >= 15 is 0 Å². The van der Waals surface area contributed by atoms with Gasteiger partial charge in [-0.3, -0.25) is 4.79 Å². The average Bonchev–Trinajstić information content (AvgIpc) is 2.64. The maximum atomic E-state index is 11.0. The first-order valence-electron chi connectivity index (χ1n) is 5.81. The van der Waals surface area contributed by atoms with Gasteiger partial charge in [0.2, 0.25) is 0 Å². The molecule has 2 rings (SSSR count). The van der Waals surface area contributed by atoms with Gasteiger partial charge in [0, 0.05) is 5.54 Å². The monoisotopic (exact) mass is 253 g/mol. The number of carbonyl (C=O) groups is 1. The molecule has 92 valence electrons. The first kappa shape index (κ1) is 12.3. The lowest BCUT2D eigenvalue weighted by atomic mass is 10.0. The molecule has 0 bridgehead atoms. The molecule has 4 nitrogen and oxygen atoms in total. The normalized spacial score (nSPS) is 18.1. The van der Waals surface area contributed by atoms with Crippen molar-refractivity contribution in [3.63, 3.8) is 0 Å². The molecule has 17 heavy (non-hydrogen) atoms. The Bertz CT molecular complexity index is 442. The quantitative estimate of drug-likeness (QED) is 0.665. The van der Waals surface area contributed by atoms with Crippen molar-refractivity contribution < 1.29 is 4.79 Å². The fraction of sp³-hybridized carbons (Fsp3) is 0.583. The molecule has 1 aromatic rings. The number of nitrogens with one attached hydrogen (secondary N) is 1. The highest BCUT2D eigenvalue weighted by molar-refractivity contribution is 6.32. The van der Waals surface area contributed by atoms with Gasteiger partial charge in [-0.15, -0.1) is 0 Å². The van der Waals surface area contributed by atoms with Crippen LogP contribution in [0.15, 0.2) is 0 Å². The standard InChI is InChI=1S/C12H16ClN3O/c1-8-14-10(13)9(7-17)11(15-8)16-12(2)5-3-4-6-12/h7H,3-6H2,1-2H3,(H,14,15,16). The van der Waals surface area contributed by atoms with Gasteiger partial charge < -0.3 is 5.32 Å². The molecule has 0 aromatic carbocycles. The van der Waals surface area contributed by atoms with Gasteiger partial charge in [0.25, 0.3) is 0 Å². The molecule has 1 fully saturated rings. The van der Waals surface area contributed by atoms with Crippen LogP contribution in [0.25, 0.3) is 0 Å². The predicted molar refractivity (Wildman–Crippen MR) is 67.7 cm³/mol. The number of aromatic nitrogens is 2. The van der Waals surface area contributed by atoms with E-state index in [1.54, 1.807) is 6.92 Å². The molecule has 0 unspecified atom stereocenters. The summed E-state index contributed by atoms with van der Waals surface area (Å²) in [7, 11) is 0. The van der Waals surface area contributed by atoms with E-state index in [1.807, 2.05) is 0 Å². The number of aryl methyl sites for hydroxylation is 1. The molecule has 0 spiro atoms. The summed E-state index contributed by atoms with van der Waals surface area (Å²) >= 11 is 5.94. The summed E-state index contributed by atoms with van der Waals surface area (Å²) in [6, 6.07) is 0. The molecule has 0 amide bonds. The predicted octanol–water partition coefficient (Wildman–Crippen LogP) is 3.00. The smallest absolute Gasteiger partial charge is 0.156 e. The molecule has 1 saturated carbocycles. The minimum atomic E-state index is 0.0158. The van der Waals surface area contributed by atoms with Crippen molar-refractivity contribution in [2.45, 2.75) is 45.1 Å². The second-order valence-corrected chi connectivity index (χ2v) is 5.19. The van der Waals surface area contributed by atoms with Crippen molar-refractivity contribution in [3.8, 4) is 0 Å². The van der Waals surface area contributed by atoms with Crippen LogP contribution in [0.2, 0.25) is 5.15 Å². The van der Waals surface area contributed by atoms with Gasteiger partial charge in [0.15, 0.2) is 6.29 Å². The van der Waals surface area contributed by atoms with E-state index in [0.717, 1.165) is 12.8 Å². The summed E-state index contributed by atoms with van der Waals surface area (Å²) in [5.41, 5.74) is 0.368. The van der Waals surface area contributed by atoms with Crippen LogP contribution >= 0.6 is 11.6 Å². The summed E-state index contributed by atoms with van der Waals surface area (Å²) in [6.07, 6.45) is 5.30. The average molecular weight is 254 g/mol. The first-order valence-corrected chi connectivity index (χ1v) is 6.19. The molecule has 1 heterocycles. The van der Waals surface area contributed by atoms with Crippen molar-refractivity contribution in [1.82, 2.24) is 9.97 Å². The van der Waals surface area contributed by atoms with Crippen LogP contribution in [-0.4, -0.2) is 21.8 Å². The van der Waals surface area contributed by atoms with Gasteiger partial charge in [-0.25, -0.2) is 9.97 Å². The van der Waals surface area contributed by atoms with E-state index in [1.165, 1.54) is 12.8 Å². The molecule has 1 aromatic heterocycles. The third kappa shape index (κ3) is 2.57. The van der Waals surface area contributed by atoms with E-state index in [9.17, 15) is 4.79 Å². The second kappa shape index (κ2) is 4.61. The summed E-state index contributed by atoms with van der Waals surface area (Å²) < 4.78 is 0. The third-order valence-electron chi connectivity index (χ3n) is 3.26. The summed E-state index contributed by atoms with van der Waals surface area (Å²) in [6.45, 7) is 3.92. The summed E-state index contributed by atoms with van der Waals surface area (Å²) in [4.78, 5) is 19.3. The van der Waals surface area contributed by atoms with E-state index in [0.29, 0.717) is 23.5 Å². The van der Waals surface area contributed by atoms with E-state index in [-0.39, 0.29) is 10.7 Å². The molecular formula is C12H16ClN3O. The number of anilines is 1. The van der Waals surface area contributed by atoms with Crippen molar-refractivity contribution in [2.75, 3.05) is 5.32 Å². The van der Waals surface area contributed by atoms with Gasteiger partial charge in [-0.05, 0) is 26.7 Å². The molecular weight excluding hydrogens is 238 g/mol. The zero-order valence-electron chi connectivity index (χ0n) is 10.1. The van der Waals surface area contributed by atoms with E-state index in [4.69, 9.17) is 11.6 Å². The molecule has 1 aliphatic rings. The van der Waals surface area contributed by atoms with Crippen LogP contribution in [-0.2, 0) is 0 Å². The Labute approximate surface area is 106 Å². The van der Waals surface area contributed by atoms with Crippen LogP contribution in [0, 0.1) is 6.92 Å². The first-order chi connectivity index (χ1) is 8.04. The highest BCUT2D eigenvalue weighted by Crippen LogP contribution is 2.33. The van der Waals surface area contributed by atoms with Crippen LogP contribution in [0.3, 0.4) is 0 Å². The Morgan fingerprint density at radius 2 is 2.00 bits per heavy atom. The highest BCUT2D eigenvalue weighted by Gasteiger charge is 2.30. The lowest BCUT2D eigenvalue weighted by molar-refractivity contribution is 0.112. The number of carbonyl (C=O) groups excluding carboxylic acids is 1. The minimum Gasteiger partial charge on any atom is -0.364 e. The zero-order valence-corrected chi connectivity index (χ0v) is 10.8. The number of hydrogen-bond acceptors (Lipinski definition) is 4. The SMILES string of the molecule is Cc1nc(Cl)c(C=O)c(NC2(C)CCCC2)n1. The largest absolute Gasteiger partial charge is 0.364 e. The number of aldehydes is 1. The topological polar surface area (TPSA) is 54.9 Å². The fourth-order valence-electron chi connectivity index (χ4n) is 2.31. The molecule has 5 heteroatoms. The third-order valence-corrected chi connectivity index (χ3v) is 3.54. The van der Waals surface area contributed by atoms with Crippen molar-refractivity contribution in [1.29, 1.82) is 0 Å². The molecule has 0 aliphatic heterocycles. The molecule has 1 N–H and O–H groups in total. The molecule has 0 radical (unpaired) electrons. The molecule has 0 saturated heterocycles. The van der Waals surface area contributed by atoms with Gasteiger partial charge in [-0.1, -0.05) is 24.4 Å². The maximum Gasteiger partial charge on any atom is 0.156 e. The van der Waals surface area contributed by atoms with Crippen molar-refractivity contribution >= 4 is 23.7 Å². The molecule has 1 aliphatic carbocycles. The zero-order chi connectivity index (χ0) is 12.5. The second-order valence-electron chi connectivity index (χ2n) is 4.83. The van der Waals surface area contributed by atoms with Crippen LogP contribution in [0.1, 0.15) is 48.8 Å². The molecule has 0 atom stereocenters. The Morgan fingerprint density at radius 3 is 2.59 bits per heavy atom. The van der Waals surface area contributed by atoms with E-state index < -0.39 is 0 Å². The van der Waals surface area contributed by atoms with Crippen molar-refractivity contribution in [3.05, 3.63) is 16.5 Å². The Kier molecular flexibility index (Phi) is 3.33. The van der Waals surface area contributed by atoms with Gasteiger partial charge >= 0.3 is 0 Å². The highest BCUT2D eigenvalue weighted by atomic mass is 35.5. The van der Waals surface area contributed by atoms with Crippen LogP contribution < -0.4 is 5.32 Å². The van der Waals surface area contributed by atoms with Gasteiger partial charge in [-0.2, -0.15) is 0 Å². The Hall–Kier alpha value is -1.16. The summed E-state index contributed by atoms with van der Waals surface area (Å²) in [5, 5.41) is 3.57. The number of nitrogens with zero attached hydrogens (tertiary/aromatic N) is 2. The van der Waals surface area contributed by atoms with Gasteiger partial charge in [0.05, 0.1) is 5.56 Å². The number of rotatable bonds is 3. The van der Waals surface area contributed by atoms with Crippen LogP contribution in [0.4, 0.5) is 5.82 Å². The summed E-state index contributed by atoms with van der Waals surface area (Å²) in [5.74, 6) is 1.13. The van der Waals surface area contributed by atoms with Crippen LogP contribution in [0.5, 0.6) is 0 Å². The maximum absolute atomic E-state index is 11.0. The Morgan fingerprint density at radius 1 is 1.35 bits per heavy atom. The number of halogens is 1. The van der Waals surface area contributed by atoms with Crippen molar-refractivity contribution in [2.24, 2.45) is 0 Å². The fourth-order valence-corrected chi connectivity index (χ4v) is 2.57. The van der Waals surface area contributed by atoms with E-state index in [2.05, 4.69) is 22.2 Å². The minimum absolute atomic E-state index is 0.0158. The number of hydrogen-bond donors (Lipinski definition) is 1. The lowest BCUT2D eigenvalue weighted by Crippen LogP contribution is -2.32.